The standard InChI is InChI=1S/C30H36N4O10/c1-17(35)31-23(29(39)42-4)14-15-44-22-12-6-19(7-13-22)25(32-18(2)36)27(37)33-24-16-34(28(24)38)26(30(40)43-5)20-8-10-21(41-3)11-9-20/h6-13,23-26H,14-16H2,1-5H3,(H,31,35)(H,32,36)(H,33,37). The molecule has 0 radical (unpaired) electrons. The summed E-state index contributed by atoms with van der Waals surface area (Å²) >= 11 is 0. The van der Waals surface area contributed by atoms with Crippen molar-refractivity contribution in [2.45, 2.75) is 44.4 Å². The summed E-state index contributed by atoms with van der Waals surface area (Å²) in [6.07, 6.45) is 0.159. The maximum Gasteiger partial charge on any atom is 0.333 e. The van der Waals surface area contributed by atoms with E-state index in [4.69, 9.17) is 14.2 Å². The van der Waals surface area contributed by atoms with Crippen molar-refractivity contribution in [3.8, 4) is 11.5 Å². The number of likely N-dealkylation sites (tertiary alicyclic amines) is 1. The van der Waals surface area contributed by atoms with Crippen LogP contribution in [0.5, 0.6) is 11.5 Å². The second-order valence-corrected chi connectivity index (χ2v) is 9.87. The molecule has 0 aromatic heterocycles. The van der Waals surface area contributed by atoms with Gasteiger partial charge >= 0.3 is 11.9 Å². The van der Waals surface area contributed by atoms with Crippen LogP contribution in [0, 0.1) is 0 Å². The second kappa shape index (κ2) is 15.4. The van der Waals surface area contributed by atoms with Gasteiger partial charge in [0.25, 0.3) is 0 Å². The molecule has 1 saturated heterocycles. The zero-order valence-electron chi connectivity index (χ0n) is 25.1. The van der Waals surface area contributed by atoms with Gasteiger partial charge in [-0.25, -0.2) is 9.59 Å². The first kappa shape index (κ1) is 33.4. The van der Waals surface area contributed by atoms with Crippen molar-refractivity contribution in [2.24, 2.45) is 0 Å². The fraction of sp³-hybridized carbons (Fsp3) is 0.400. The molecular formula is C30H36N4O10. The summed E-state index contributed by atoms with van der Waals surface area (Å²) in [5, 5.41) is 7.73. The molecule has 0 bridgehead atoms. The van der Waals surface area contributed by atoms with Crippen LogP contribution < -0.4 is 25.4 Å². The SMILES string of the molecule is COC(=O)C(CCOc1ccc(C(NC(C)=O)C(=O)NC2CN(C(C(=O)OC)c3ccc(OC)cc3)C2=O)cc1)NC(C)=O. The highest BCUT2D eigenvalue weighted by molar-refractivity contribution is 5.97. The van der Waals surface area contributed by atoms with Gasteiger partial charge in [0.2, 0.25) is 23.6 Å². The Kier molecular flexibility index (Phi) is 11.7. The lowest BCUT2D eigenvalue weighted by Gasteiger charge is -2.43. The number of esters is 2. The van der Waals surface area contributed by atoms with Crippen LogP contribution in [0.2, 0.25) is 0 Å². The van der Waals surface area contributed by atoms with Crippen molar-refractivity contribution in [2.75, 3.05) is 34.5 Å². The first-order valence-corrected chi connectivity index (χ1v) is 13.7. The molecule has 1 aliphatic heterocycles. The van der Waals surface area contributed by atoms with Gasteiger partial charge < -0.3 is 39.8 Å². The number of hydrogen-bond donors (Lipinski definition) is 3. The summed E-state index contributed by atoms with van der Waals surface area (Å²) in [5.74, 6) is -2.20. The number of carbonyl (C=O) groups is 6. The molecule has 3 rings (SSSR count). The fourth-order valence-corrected chi connectivity index (χ4v) is 4.58. The summed E-state index contributed by atoms with van der Waals surface area (Å²) in [5.41, 5.74) is 0.940. The van der Waals surface area contributed by atoms with Gasteiger partial charge in [0.05, 0.1) is 34.5 Å². The Hall–Kier alpha value is -5.14. The van der Waals surface area contributed by atoms with Gasteiger partial charge in [0.1, 0.15) is 29.6 Å². The quantitative estimate of drug-likeness (QED) is 0.202. The summed E-state index contributed by atoms with van der Waals surface area (Å²) in [7, 11) is 3.95. The lowest BCUT2D eigenvalue weighted by molar-refractivity contribution is -0.162. The molecular weight excluding hydrogens is 576 g/mol. The largest absolute Gasteiger partial charge is 0.497 e. The smallest absolute Gasteiger partial charge is 0.333 e. The van der Waals surface area contributed by atoms with Crippen LogP contribution in [-0.2, 0) is 38.2 Å². The fourth-order valence-electron chi connectivity index (χ4n) is 4.58. The summed E-state index contributed by atoms with van der Waals surface area (Å²) in [6, 6.07) is 9.02. The van der Waals surface area contributed by atoms with Crippen LogP contribution in [0.1, 0.15) is 43.5 Å². The van der Waals surface area contributed by atoms with E-state index in [1.165, 1.54) is 40.1 Å². The summed E-state index contributed by atoms with van der Waals surface area (Å²) < 4.78 is 20.4. The Labute approximate surface area is 254 Å². The maximum absolute atomic E-state index is 13.2. The van der Waals surface area contributed by atoms with E-state index in [0.29, 0.717) is 22.6 Å². The molecule has 0 saturated carbocycles. The third kappa shape index (κ3) is 8.46. The Morgan fingerprint density at radius 1 is 0.818 bits per heavy atom. The molecule has 44 heavy (non-hydrogen) atoms. The molecule has 4 amide bonds. The maximum atomic E-state index is 13.2. The van der Waals surface area contributed by atoms with E-state index in [2.05, 4.69) is 20.7 Å². The Morgan fingerprint density at radius 3 is 1.91 bits per heavy atom. The molecule has 236 valence electrons. The van der Waals surface area contributed by atoms with Gasteiger partial charge in [-0.15, -0.1) is 0 Å². The van der Waals surface area contributed by atoms with E-state index in [9.17, 15) is 28.8 Å². The minimum absolute atomic E-state index is 0.0427. The number of β-lactam (4-membered cyclic amide) rings is 1. The molecule has 2 aromatic carbocycles. The topological polar surface area (TPSA) is 179 Å². The lowest BCUT2D eigenvalue weighted by atomic mass is 9.97. The molecule has 14 nitrogen and oxygen atoms in total. The number of nitrogens with zero attached hydrogens (tertiary/aromatic N) is 1. The van der Waals surface area contributed by atoms with Crippen molar-refractivity contribution >= 4 is 35.6 Å². The number of hydrogen-bond acceptors (Lipinski definition) is 10. The van der Waals surface area contributed by atoms with E-state index < -0.39 is 53.8 Å². The van der Waals surface area contributed by atoms with E-state index in [1.54, 1.807) is 48.5 Å². The van der Waals surface area contributed by atoms with E-state index >= 15 is 0 Å². The number of nitrogens with one attached hydrogen (secondary N) is 3. The second-order valence-electron chi connectivity index (χ2n) is 9.87. The number of carbonyl (C=O) groups excluding carboxylic acids is 6. The van der Waals surface area contributed by atoms with Gasteiger partial charge in [-0.2, -0.15) is 0 Å². The van der Waals surface area contributed by atoms with Gasteiger partial charge in [0, 0.05) is 20.3 Å². The van der Waals surface area contributed by atoms with Crippen molar-refractivity contribution in [1.29, 1.82) is 0 Å². The molecule has 0 spiro atoms. The molecule has 4 unspecified atom stereocenters. The third-order valence-electron chi connectivity index (χ3n) is 6.81. The number of rotatable bonds is 14. The average molecular weight is 613 g/mol. The zero-order chi connectivity index (χ0) is 32.4. The van der Waals surface area contributed by atoms with Crippen LogP contribution >= 0.6 is 0 Å². The monoisotopic (exact) mass is 612 g/mol. The molecule has 0 aliphatic carbocycles. The molecule has 1 fully saturated rings. The van der Waals surface area contributed by atoms with Crippen molar-refractivity contribution in [1.82, 2.24) is 20.9 Å². The summed E-state index contributed by atoms with van der Waals surface area (Å²) in [6.45, 7) is 2.67. The number of ether oxygens (including phenoxy) is 4. The average Bonchev–Trinajstić information content (AvgIpc) is 3.01. The highest BCUT2D eigenvalue weighted by atomic mass is 16.5. The summed E-state index contributed by atoms with van der Waals surface area (Å²) in [4.78, 5) is 75.3. The van der Waals surface area contributed by atoms with Gasteiger partial charge in [-0.05, 0) is 35.4 Å². The van der Waals surface area contributed by atoms with Crippen LogP contribution in [0.3, 0.4) is 0 Å². The minimum atomic E-state index is -1.12. The van der Waals surface area contributed by atoms with Crippen LogP contribution in [0.15, 0.2) is 48.5 Å². The predicted octanol–water partition coefficient (Wildman–Crippen LogP) is 0.560. The molecule has 1 heterocycles. The minimum Gasteiger partial charge on any atom is -0.497 e. The number of benzene rings is 2. The van der Waals surface area contributed by atoms with Crippen LogP contribution in [0.4, 0.5) is 0 Å². The Morgan fingerprint density at radius 2 is 1.39 bits per heavy atom. The van der Waals surface area contributed by atoms with Crippen LogP contribution in [0.25, 0.3) is 0 Å². The first-order valence-electron chi connectivity index (χ1n) is 13.7. The first-order chi connectivity index (χ1) is 21.0. The predicted molar refractivity (Wildman–Crippen MR) is 154 cm³/mol. The third-order valence-corrected chi connectivity index (χ3v) is 6.81. The van der Waals surface area contributed by atoms with Gasteiger partial charge in [-0.1, -0.05) is 24.3 Å². The van der Waals surface area contributed by atoms with E-state index in [1.807, 2.05) is 0 Å². The normalized spacial score (nSPS) is 15.9. The number of methoxy groups -OCH3 is 3. The molecule has 2 aromatic rings. The highest BCUT2D eigenvalue weighted by Gasteiger charge is 2.46. The highest BCUT2D eigenvalue weighted by Crippen LogP contribution is 2.30. The molecule has 1 aliphatic rings. The Bertz CT molecular complexity index is 1360. The zero-order valence-corrected chi connectivity index (χ0v) is 25.1. The van der Waals surface area contributed by atoms with Crippen LogP contribution in [-0.4, -0.2) is 87.0 Å². The van der Waals surface area contributed by atoms with Crippen molar-refractivity contribution < 1.29 is 47.7 Å². The van der Waals surface area contributed by atoms with Gasteiger partial charge in [-0.3, -0.25) is 19.2 Å². The van der Waals surface area contributed by atoms with Crippen molar-refractivity contribution in [3.63, 3.8) is 0 Å². The van der Waals surface area contributed by atoms with Crippen molar-refractivity contribution in [3.05, 3.63) is 59.7 Å². The lowest BCUT2D eigenvalue weighted by Crippen LogP contribution is -2.66. The Balaban J connectivity index is 1.64. The van der Waals surface area contributed by atoms with E-state index in [-0.39, 0.29) is 25.5 Å². The number of amides is 4. The van der Waals surface area contributed by atoms with Gasteiger partial charge in [0.15, 0.2) is 6.04 Å². The molecule has 14 heteroatoms. The molecule has 3 N–H and O–H groups in total. The molecule has 4 atom stereocenters. The van der Waals surface area contributed by atoms with E-state index in [0.717, 1.165) is 0 Å².